The van der Waals surface area contributed by atoms with E-state index in [1.54, 1.807) is 0 Å². The van der Waals surface area contributed by atoms with Gasteiger partial charge in [-0.25, -0.2) is 0 Å². The van der Waals surface area contributed by atoms with Gasteiger partial charge in [-0.3, -0.25) is 0 Å². The van der Waals surface area contributed by atoms with E-state index >= 15 is 0 Å². The molecule has 0 N–H and O–H groups in total. The van der Waals surface area contributed by atoms with Crippen LogP contribution in [0.25, 0.3) is 0 Å². The Kier molecular flexibility index (Phi) is 1.86. The van der Waals surface area contributed by atoms with Gasteiger partial charge in [-0.15, -0.1) is 11.5 Å². The van der Waals surface area contributed by atoms with E-state index in [0.29, 0.717) is 0 Å². The highest BCUT2D eigenvalue weighted by Gasteiger charge is 2.16. The van der Waals surface area contributed by atoms with Gasteiger partial charge >= 0.3 is 0 Å². The van der Waals surface area contributed by atoms with Crippen molar-refractivity contribution >= 4 is 0 Å². The first-order valence-corrected chi connectivity index (χ1v) is 3.15. The van der Waals surface area contributed by atoms with Crippen LogP contribution in [0.3, 0.4) is 0 Å². The van der Waals surface area contributed by atoms with E-state index in [-0.39, 0.29) is 12.1 Å². The second-order valence-electron chi connectivity index (χ2n) is 2.46. The molecule has 2 nitrogen and oxygen atoms in total. The van der Waals surface area contributed by atoms with Gasteiger partial charge in [0, 0.05) is 12.1 Å². The van der Waals surface area contributed by atoms with Crippen LogP contribution >= 0.6 is 0 Å². The Morgan fingerprint density at radius 2 is 1.00 bits per heavy atom. The van der Waals surface area contributed by atoms with Crippen LogP contribution in [0.15, 0.2) is 0 Å². The van der Waals surface area contributed by atoms with Gasteiger partial charge in [-0.1, -0.05) is 0 Å². The summed E-state index contributed by atoms with van der Waals surface area (Å²) in [5.74, 6) is 0. The minimum atomic E-state index is -0.140. The molecule has 0 heterocycles. The molecule has 4 radical (unpaired) electrons. The highest BCUT2D eigenvalue weighted by molar-refractivity contribution is 4.74. The topological polar surface area (TPSA) is 44.6 Å². The van der Waals surface area contributed by atoms with Crippen molar-refractivity contribution in [3.63, 3.8) is 0 Å². The summed E-state index contributed by atoms with van der Waals surface area (Å²) in [7, 11) is 0. The Morgan fingerprint density at radius 3 is 1.25 bits per heavy atom. The molecule has 1 rings (SSSR count). The minimum Gasteiger partial charge on any atom is -0.141 e. The molecule has 1 fully saturated rings. The molecule has 0 aliphatic heterocycles. The second kappa shape index (κ2) is 2.46. The number of hydrogen-bond donors (Lipinski definition) is 0. The summed E-state index contributed by atoms with van der Waals surface area (Å²) in [5.41, 5.74) is 17.8. The van der Waals surface area contributed by atoms with E-state index in [1.165, 1.54) is 0 Å². The fraction of sp³-hybridized carbons (Fsp3) is 1.00. The van der Waals surface area contributed by atoms with Gasteiger partial charge in [-0.05, 0) is 25.7 Å². The maximum atomic E-state index is 8.92. The van der Waals surface area contributed by atoms with Gasteiger partial charge in [0.15, 0.2) is 0 Å². The quantitative estimate of drug-likeness (QED) is 0.434. The smallest absolute Gasteiger partial charge is 0.0434 e. The van der Waals surface area contributed by atoms with Crippen LogP contribution in [-0.4, -0.2) is 12.1 Å². The van der Waals surface area contributed by atoms with Gasteiger partial charge in [0.2, 0.25) is 0 Å². The van der Waals surface area contributed by atoms with Crippen LogP contribution in [0.2, 0.25) is 0 Å². The fourth-order valence-corrected chi connectivity index (χ4v) is 1.06. The molecule has 0 amide bonds. The lowest BCUT2D eigenvalue weighted by Crippen LogP contribution is -2.23. The van der Waals surface area contributed by atoms with Crippen LogP contribution < -0.4 is 11.5 Å². The van der Waals surface area contributed by atoms with Crippen molar-refractivity contribution in [2.45, 2.75) is 37.8 Å². The van der Waals surface area contributed by atoms with Crippen LogP contribution in [0.4, 0.5) is 0 Å². The molecule has 1 aliphatic carbocycles. The van der Waals surface area contributed by atoms with Crippen molar-refractivity contribution in [1.82, 2.24) is 11.5 Å². The Labute approximate surface area is 50.2 Å². The molecule has 8 heavy (non-hydrogen) atoms. The summed E-state index contributed by atoms with van der Waals surface area (Å²) in [6, 6.07) is -0.281. The predicted molar refractivity (Wildman–Crippen MR) is 30.3 cm³/mol. The first-order valence-electron chi connectivity index (χ1n) is 3.15. The van der Waals surface area contributed by atoms with Crippen LogP contribution in [0.1, 0.15) is 25.7 Å². The summed E-state index contributed by atoms with van der Waals surface area (Å²) in [6.45, 7) is 0. The summed E-state index contributed by atoms with van der Waals surface area (Å²) in [6.07, 6.45) is 3.12. The molecule has 0 unspecified atom stereocenters. The summed E-state index contributed by atoms with van der Waals surface area (Å²) >= 11 is 0. The zero-order valence-electron chi connectivity index (χ0n) is 4.88. The molecule has 44 valence electrons. The molecular formula is C6H10N2. The molecular weight excluding hydrogens is 100 g/mol. The molecule has 1 aliphatic rings. The number of hydrogen-bond acceptors (Lipinski definition) is 0. The van der Waals surface area contributed by atoms with Crippen molar-refractivity contribution in [3.05, 3.63) is 0 Å². The van der Waals surface area contributed by atoms with E-state index in [1.807, 2.05) is 0 Å². The van der Waals surface area contributed by atoms with Gasteiger partial charge in [0.25, 0.3) is 0 Å². The Hall–Kier alpha value is -0.0800. The predicted octanol–water partition coefficient (Wildman–Crippen LogP) is 0.435. The van der Waals surface area contributed by atoms with Gasteiger partial charge in [0.1, 0.15) is 0 Å². The first-order chi connectivity index (χ1) is 3.79. The normalized spacial score (nSPS) is 39.8. The lowest BCUT2D eigenvalue weighted by Gasteiger charge is -2.18. The zero-order chi connectivity index (χ0) is 5.98. The highest BCUT2D eigenvalue weighted by atomic mass is 14.7. The first kappa shape index (κ1) is 6.05. The van der Waals surface area contributed by atoms with Crippen molar-refractivity contribution in [3.8, 4) is 0 Å². The van der Waals surface area contributed by atoms with E-state index in [9.17, 15) is 0 Å². The molecule has 0 atom stereocenters. The third kappa shape index (κ3) is 1.46. The molecule has 1 saturated carbocycles. The van der Waals surface area contributed by atoms with E-state index in [0.717, 1.165) is 25.7 Å². The third-order valence-electron chi connectivity index (χ3n) is 1.67. The molecule has 0 bridgehead atoms. The van der Waals surface area contributed by atoms with Crippen LogP contribution in [0.5, 0.6) is 0 Å². The Morgan fingerprint density at radius 1 is 0.750 bits per heavy atom. The lowest BCUT2D eigenvalue weighted by atomic mass is 9.93. The molecule has 0 aromatic heterocycles. The Bertz CT molecular complexity index is 54.9. The van der Waals surface area contributed by atoms with Gasteiger partial charge in [0.05, 0.1) is 0 Å². The minimum absolute atomic E-state index is 0.140. The summed E-state index contributed by atoms with van der Waals surface area (Å²) in [5, 5.41) is 0. The number of nitrogens with zero attached hydrogens (tertiary/aromatic N) is 2. The van der Waals surface area contributed by atoms with Crippen LogP contribution in [-0.2, 0) is 0 Å². The van der Waals surface area contributed by atoms with Gasteiger partial charge < -0.3 is 0 Å². The van der Waals surface area contributed by atoms with Crippen molar-refractivity contribution < 1.29 is 0 Å². The summed E-state index contributed by atoms with van der Waals surface area (Å²) in [4.78, 5) is 0. The molecule has 0 saturated heterocycles. The van der Waals surface area contributed by atoms with Crippen molar-refractivity contribution in [2.75, 3.05) is 0 Å². The number of rotatable bonds is 0. The Balaban J connectivity index is 2.19. The highest BCUT2D eigenvalue weighted by Crippen LogP contribution is 2.16. The molecule has 0 aromatic rings. The fourth-order valence-electron chi connectivity index (χ4n) is 1.06. The van der Waals surface area contributed by atoms with Crippen LogP contribution in [0, 0.1) is 0 Å². The largest absolute Gasteiger partial charge is 0.141 e. The standard InChI is InChI=1S/C6H10N2/c7-5-1-2-6(8)4-3-5/h5-6H,1-4H2. The third-order valence-corrected chi connectivity index (χ3v) is 1.67. The van der Waals surface area contributed by atoms with Crippen molar-refractivity contribution in [2.24, 2.45) is 0 Å². The zero-order valence-corrected chi connectivity index (χ0v) is 4.88. The summed E-state index contributed by atoms with van der Waals surface area (Å²) < 4.78 is 0. The molecule has 2 heteroatoms. The van der Waals surface area contributed by atoms with Crippen molar-refractivity contribution in [1.29, 1.82) is 0 Å². The SMILES string of the molecule is [N]C1CCC([N])CC1. The monoisotopic (exact) mass is 110 g/mol. The maximum absolute atomic E-state index is 8.92. The maximum Gasteiger partial charge on any atom is 0.0434 e. The molecule has 0 spiro atoms. The van der Waals surface area contributed by atoms with E-state index < -0.39 is 0 Å². The van der Waals surface area contributed by atoms with Gasteiger partial charge in [-0.2, -0.15) is 0 Å². The van der Waals surface area contributed by atoms with E-state index in [2.05, 4.69) is 0 Å². The van der Waals surface area contributed by atoms with E-state index in [4.69, 9.17) is 11.5 Å². The second-order valence-corrected chi connectivity index (χ2v) is 2.46. The lowest BCUT2D eigenvalue weighted by molar-refractivity contribution is 0.381. The average molecular weight is 110 g/mol. The molecule has 0 aromatic carbocycles. The average Bonchev–Trinajstić information content (AvgIpc) is 1.77.